The van der Waals surface area contributed by atoms with Crippen LogP contribution in [0.1, 0.15) is 40.8 Å². The van der Waals surface area contributed by atoms with Gasteiger partial charge in [-0.25, -0.2) is 8.42 Å². The lowest BCUT2D eigenvalue weighted by Gasteiger charge is -2.33. The van der Waals surface area contributed by atoms with Crippen molar-refractivity contribution in [2.45, 2.75) is 51.3 Å². The molecule has 5 heteroatoms. The molecular weight excluding hydrogens is 394 g/mol. The Labute approximate surface area is 179 Å². The fourth-order valence-electron chi connectivity index (χ4n) is 3.99. The van der Waals surface area contributed by atoms with Gasteiger partial charge >= 0.3 is 0 Å². The number of aliphatic hydroxyl groups is 1. The molecule has 0 aromatic heterocycles. The molecule has 0 saturated heterocycles. The molecule has 0 spiro atoms. The molecule has 3 aromatic rings. The quantitative estimate of drug-likeness (QED) is 0.586. The van der Waals surface area contributed by atoms with Crippen LogP contribution >= 0.6 is 0 Å². The number of sulfonamides is 1. The van der Waals surface area contributed by atoms with Gasteiger partial charge in [0.2, 0.25) is 10.0 Å². The van der Waals surface area contributed by atoms with Crippen molar-refractivity contribution in [2.75, 3.05) is 0 Å². The van der Waals surface area contributed by atoms with Crippen LogP contribution in [-0.4, -0.2) is 23.9 Å². The van der Waals surface area contributed by atoms with Crippen LogP contribution in [0.2, 0.25) is 0 Å². The van der Waals surface area contributed by atoms with Gasteiger partial charge in [0.05, 0.1) is 17.0 Å². The second-order valence-corrected chi connectivity index (χ2v) is 9.69. The summed E-state index contributed by atoms with van der Waals surface area (Å²) < 4.78 is 29.2. The fraction of sp³-hybridized carbons (Fsp3) is 0.280. The Kier molecular flexibility index (Phi) is 6.76. The zero-order chi connectivity index (χ0) is 21.9. The maximum Gasteiger partial charge on any atom is 0.244 e. The number of hydrogen-bond donors (Lipinski definition) is 1. The summed E-state index contributed by atoms with van der Waals surface area (Å²) in [4.78, 5) is 0.316. The highest BCUT2D eigenvalue weighted by Crippen LogP contribution is 2.31. The second-order valence-electron chi connectivity index (χ2n) is 7.86. The molecule has 0 fully saturated rings. The van der Waals surface area contributed by atoms with Crippen molar-refractivity contribution in [1.82, 2.24) is 4.31 Å². The van der Waals surface area contributed by atoms with Gasteiger partial charge in [0.1, 0.15) is 0 Å². The predicted molar refractivity (Wildman–Crippen MR) is 121 cm³/mol. The van der Waals surface area contributed by atoms with Gasteiger partial charge in [-0.15, -0.1) is 0 Å². The van der Waals surface area contributed by atoms with Gasteiger partial charge in [-0.05, 0) is 49.9 Å². The van der Waals surface area contributed by atoms with Crippen molar-refractivity contribution < 1.29 is 13.5 Å². The Bertz CT molecular complexity index is 1070. The first-order valence-electron chi connectivity index (χ1n) is 10.1. The van der Waals surface area contributed by atoms with Crippen LogP contribution in [0.3, 0.4) is 0 Å². The molecule has 0 aliphatic rings. The topological polar surface area (TPSA) is 57.6 Å². The minimum absolute atomic E-state index is 0.182. The first kappa shape index (κ1) is 22.2. The zero-order valence-electron chi connectivity index (χ0n) is 17.9. The van der Waals surface area contributed by atoms with E-state index >= 15 is 0 Å². The van der Waals surface area contributed by atoms with Crippen LogP contribution in [0.15, 0.2) is 77.7 Å². The molecule has 0 saturated carbocycles. The van der Waals surface area contributed by atoms with Crippen LogP contribution in [0.5, 0.6) is 0 Å². The van der Waals surface area contributed by atoms with Gasteiger partial charge in [-0.2, -0.15) is 4.31 Å². The summed E-state index contributed by atoms with van der Waals surface area (Å²) in [6, 6.07) is 21.8. The van der Waals surface area contributed by atoms with E-state index in [0.717, 1.165) is 11.1 Å². The number of hydrogen-bond acceptors (Lipinski definition) is 3. The van der Waals surface area contributed by atoms with Crippen molar-refractivity contribution >= 4 is 10.0 Å². The standard InChI is InChI=1S/C25H29NO3S/c1-18-15-19(2)25(20(3)16-18)30(28,29)26(17-22-11-7-5-8-12-22)21(4)24(27)23-13-9-6-10-14-23/h5-16,21,24,27H,17H2,1-4H3. The maximum absolute atomic E-state index is 13.9. The number of nitrogens with zero attached hydrogens (tertiary/aromatic N) is 1. The highest BCUT2D eigenvalue weighted by atomic mass is 32.2. The molecule has 3 aromatic carbocycles. The van der Waals surface area contributed by atoms with Crippen LogP contribution in [0, 0.1) is 20.8 Å². The lowest BCUT2D eigenvalue weighted by molar-refractivity contribution is 0.0960. The van der Waals surface area contributed by atoms with E-state index in [1.807, 2.05) is 93.6 Å². The third-order valence-corrected chi connectivity index (χ3v) is 7.64. The van der Waals surface area contributed by atoms with Crippen LogP contribution in [0.25, 0.3) is 0 Å². The Balaban J connectivity index is 2.09. The number of aryl methyl sites for hydroxylation is 3. The molecule has 3 rings (SSSR count). The molecule has 0 bridgehead atoms. The SMILES string of the molecule is Cc1cc(C)c(S(=O)(=O)N(Cc2ccccc2)C(C)C(O)c2ccccc2)c(C)c1. The molecule has 2 atom stereocenters. The van der Waals surface area contributed by atoms with E-state index in [0.29, 0.717) is 21.6 Å². The minimum atomic E-state index is -3.86. The van der Waals surface area contributed by atoms with Crippen molar-refractivity contribution in [3.05, 3.63) is 101 Å². The van der Waals surface area contributed by atoms with Crippen LogP contribution in [-0.2, 0) is 16.6 Å². The molecule has 30 heavy (non-hydrogen) atoms. The van der Waals surface area contributed by atoms with E-state index < -0.39 is 22.2 Å². The highest BCUT2D eigenvalue weighted by Gasteiger charge is 2.35. The van der Waals surface area contributed by atoms with Crippen molar-refractivity contribution in [3.63, 3.8) is 0 Å². The monoisotopic (exact) mass is 423 g/mol. The molecule has 2 unspecified atom stereocenters. The Hall–Kier alpha value is -2.47. The molecule has 0 aliphatic heterocycles. The molecule has 0 radical (unpaired) electrons. The molecule has 1 N–H and O–H groups in total. The van der Waals surface area contributed by atoms with E-state index in [1.54, 1.807) is 6.92 Å². The zero-order valence-corrected chi connectivity index (χ0v) is 18.7. The van der Waals surface area contributed by atoms with E-state index in [-0.39, 0.29) is 6.54 Å². The van der Waals surface area contributed by atoms with E-state index in [1.165, 1.54) is 4.31 Å². The summed E-state index contributed by atoms with van der Waals surface area (Å²) in [5, 5.41) is 11.0. The van der Waals surface area contributed by atoms with Crippen molar-refractivity contribution in [3.8, 4) is 0 Å². The third kappa shape index (κ3) is 4.64. The average Bonchev–Trinajstić information content (AvgIpc) is 2.71. The van der Waals surface area contributed by atoms with Gasteiger partial charge in [0, 0.05) is 6.54 Å². The molecule has 0 amide bonds. The summed E-state index contributed by atoms with van der Waals surface area (Å²) >= 11 is 0. The molecule has 0 aliphatic carbocycles. The molecule has 158 valence electrons. The first-order chi connectivity index (χ1) is 14.2. The van der Waals surface area contributed by atoms with Gasteiger partial charge in [0.25, 0.3) is 0 Å². The van der Waals surface area contributed by atoms with Gasteiger partial charge in [0.15, 0.2) is 0 Å². The highest BCUT2D eigenvalue weighted by molar-refractivity contribution is 7.89. The van der Waals surface area contributed by atoms with Gasteiger partial charge < -0.3 is 5.11 Å². The summed E-state index contributed by atoms with van der Waals surface area (Å²) in [5.41, 5.74) is 4.01. The summed E-state index contributed by atoms with van der Waals surface area (Å²) in [5.74, 6) is 0. The van der Waals surface area contributed by atoms with Crippen LogP contribution < -0.4 is 0 Å². The van der Waals surface area contributed by atoms with Crippen molar-refractivity contribution in [2.24, 2.45) is 0 Å². The number of aliphatic hydroxyl groups excluding tert-OH is 1. The van der Waals surface area contributed by atoms with E-state index in [4.69, 9.17) is 0 Å². The smallest absolute Gasteiger partial charge is 0.244 e. The Morgan fingerprint density at radius 2 is 1.37 bits per heavy atom. The van der Waals surface area contributed by atoms with E-state index in [9.17, 15) is 13.5 Å². The molecule has 0 heterocycles. The number of rotatable bonds is 7. The van der Waals surface area contributed by atoms with Crippen molar-refractivity contribution in [1.29, 1.82) is 0 Å². The Morgan fingerprint density at radius 3 is 1.90 bits per heavy atom. The maximum atomic E-state index is 13.9. The normalized spacial score (nSPS) is 13.9. The summed E-state index contributed by atoms with van der Waals surface area (Å²) in [6.45, 7) is 7.55. The van der Waals surface area contributed by atoms with Crippen LogP contribution in [0.4, 0.5) is 0 Å². The fourth-order valence-corrected chi connectivity index (χ4v) is 6.03. The summed E-state index contributed by atoms with van der Waals surface area (Å²) in [7, 11) is -3.86. The van der Waals surface area contributed by atoms with Gasteiger partial charge in [-0.1, -0.05) is 78.4 Å². The lowest BCUT2D eigenvalue weighted by atomic mass is 10.0. The largest absolute Gasteiger partial charge is 0.387 e. The molecule has 4 nitrogen and oxygen atoms in total. The molecular formula is C25H29NO3S. The first-order valence-corrected chi connectivity index (χ1v) is 11.5. The Morgan fingerprint density at radius 1 is 0.867 bits per heavy atom. The van der Waals surface area contributed by atoms with E-state index in [2.05, 4.69) is 0 Å². The summed E-state index contributed by atoms with van der Waals surface area (Å²) in [6.07, 6.45) is -0.948. The number of benzene rings is 3. The minimum Gasteiger partial charge on any atom is -0.387 e. The second kappa shape index (κ2) is 9.13. The van der Waals surface area contributed by atoms with Gasteiger partial charge in [-0.3, -0.25) is 0 Å². The average molecular weight is 424 g/mol. The third-order valence-electron chi connectivity index (χ3n) is 5.40. The lowest BCUT2D eigenvalue weighted by Crippen LogP contribution is -2.42. The predicted octanol–water partition coefficient (Wildman–Crippen LogP) is 4.92.